The molecular formula is C16H24N4S. The predicted molar refractivity (Wildman–Crippen MR) is 91.6 cm³/mol. The van der Waals surface area contributed by atoms with Gasteiger partial charge < -0.3 is 10.2 Å². The molecular weight excluding hydrogens is 280 g/mol. The van der Waals surface area contributed by atoms with Crippen LogP contribution in [-0.4, -0.2) is 29.6 Å². The summed E-state index contributed by atoms with van der Waals surface area (Å²) in [5.74, 6) is 1.87. The average molecular weight is 304 g/mol. The molecule has 1 aliphatic rings. The van der Waals surface area contributed by atoms with Crippen molar-refractivity contribution in [2.24, 2.45) is 0 Å². The van der Waals surface area contributed by atoms with Gasteiger partial charge in [0.25, 0.3) is 0 Å². The van der Waals surface area contributed by atoms with E-state index in [0.717, 1.165) is 36.0 Å². The zero-order chi connectivity index (χ0) is 14.8. The van der Waals surface area contributed by atoms with Gasteiger partial charge in [0.2, 0.25) is 5.95 Å². The molecule has 0 spiro atoms. The summed E-state index contributed by atoms with van der Waals surface area (Å²) in [5, 5.41) is 4.56. The number of fused-ring (bicyclic) bond motifs is 1. The molecule has 4 nitrogen and oxygen atoms in total. The summed E-state index contributed by atoms with van der Waals surface area (Å²) in [4.78, 5) is 14.4. The molecule has 1 N–H and O–H groups in total. The number of hydrogen-bond acceptors (Lipinski definition) is 5. The van der Waals surface area contributed by atoms with Gasteiger partial charge in [-0.15, -0.1) is 11.3 Å². The molecule has 1 fully saturated rings. The Morgan fingerprint density at radius 2 is 2.14 bits per heavy atom. The number of hydrogen-bond donors (Lipinski definition) is 1. The van der Waals surface area contributed by atoms with Crippen molar-refractivity contribution in [1.82, 2.24) is 9.97 Å². The molecule has 1 saturated carbocycles. The number of rotatable bonds is 6. The summed E-state index contributed by atoms with van der Waals surface area (Å²) < 4.78 is 0. The summed E-state index contributed by atoms with van der Waals surface area (Å²) in [6, 6.07) is 2.92. The number of anilines is 2. The second kappa shape index (κ2) is 6.18. The Morgan fingerprint density at radius 3 is 2.76 bits per heavy atom. The van der Waals surface area contributed by atoms with E-state index in [4.69, 9.17) is 9.97 Å². The van der Waals surface area contributed by atoms with Crippen molar-refractivity contribution >= 4 is 33.3 Å². The number of nitrogens with one attached hydrogen (secondary N) is 1. The van der Waals surface area contributed by atoms with Gasteiger partial charge in [0.05, 0.1) is 5.39 Å². The summed E-state index contributed by atoms with van der Waals surface area (Å²) in [6.07, 6.45) is 6.05. The Balaban J connectivity index is 2.02. The molecule has 2 aromatic heterocycles. The molecule has 0 unspecified atom stereocenters. The number of nitrogens with zero attached hydrogens (tertiary/aromatic N) is 3. The van der Waals surface area contributed by atoms with E-state index in [2.05, 4.69) is 37.2 Å². The summed E-state index contributed by atoms with van der Waals surface area (Å²) in [6.45, 7) is 5.28. The van der Waals surface area contributed by atoms with E-state index in [9.17, 15) is 0 Å². The van der Waals surface area contributed by atoms with E-state index < -0.39 is 0 Å². The maximum Gasteiger partial charge on any atom is 0.226 e. The zero-order valence-electron chi connectivity index (χ0n) is 13.1. The highest BCUT2D eigenvalue weighted by molar-refractivity contribution is 7.18. The molecule has 0 aliphatic heterocycles. The predicted octanol–water partition coefficient (Wildman–Crippen LogP) is 4.06. The third-order valence-electron chi connectivity index (χ3n) is 4.26. The van der Waals surface area contributed by atoms with Crippen LogP contribution in [0, 0.1) is 0 Å². The molecule has 1 aliphatic carbocycles. The highest BCUT2D eigenvalue weighted by Gasteiger charge is 2.25. The molecule has 0 aromatic carbocycles. The van der Waals surface area contributed by atoms with Crippen LogP contribution in [0.15, 0.2) is 6.07 Å². The van der Waals surface area contributed by atoms with E-state index in [1.807, 2.05) is 0 Å². The number of aryl methyl sites for hydroxylation is 1. The maximum atomic E-state index is 4.80. The summed E-state index contributed by atoms with van der Waals surface area (Å²) >= 11 is 1.80. The lowest BCUT2D eigenvalue weighted by Gasteiger charge is -2.35. The van der Waals surface area contributed by atoms with Crippen LogP contribution in [-0.2, 0) is 6.42 Å². The van der Waals surface area contributed by atoms with E-state index in [0.29, 0.717) is 6.04 Å². The average Bonchev–Trinajstić information content (AvgIpc) is 2.85. The Morgan fingerprint density at radius 1 is 1.33 bits per heavy atom. The van der Waals surface area contributed by atoms with E-state index in [-0.39, 0.29) is 0 Å². The molecule has 3 rings (SSSR count). The normalized spacial score (nSPS) is 15.2. The summed E-state index contributed by atoms with van der Waals surface area (Å²) in [7, 11) is 2.18. The van der Waals surface area contributed by atoms with Gasteiger partial charge in [-0.1, -0.05) is 13.8 Å². The van der Waals surface area contributed by atoms with Crippen molar-refractivity contribution < 1.29 is 0 Å². The molecule has 114 valence electrons. The monoisotopic (exact) mass is 304 g/mol. The molecule has 0 radical (unpaired) electrons. The lowest BCUT2D eigenvalue weighted by Crippen LogP contribution is -2.37. The first kappa shape index (κ1) is 14.6. The molecule has 2 heterocycles. The minimum Gasteiger partial charge on any atom is -0.356 e. The molecule has 5 heteroatoms. The van der Waals surface area contributed by atoms with Crippen LogP contribution in [0.2, 0.25) is 0 Å². The van der Waals surface area contributed by atoms with Gasteiger partial charge in [0.1, 0.15) is 10.6 Å². The first-order valence-electron chi connectivity index (χ1n) is 8.00. The van der Waals surface area contributed by atoms with Gasteiger partial charge in [-0.2, -0.15) is 4.98 Å². The van der Waals surface area contributed by atoms with E-state index >= 15 is 0 Å². The van der Waals surface area contributed by atoms with Crippen LogP contribution >= 0.6 is 11.3 Å². The van der Waals surface area contributed by atoms with E-state index in [1.165, 1.54) is 29.5 Å². The molecule has 0 bridgehead atoms. The Hall–Kier alpha value is -1.36. The topological polar surface area (TPSA) is 41.1 Å². The maximum absolute atomic E-state index is 4.80. The SMILES string of the molecule is CCCNc1nc(N(C)C2CCC2)c2cc(CC)sc2n1. The largest absolute Gasteiger partial charge is 0.356 e. The Bertz CT molecular complexity index is 618. The van der Waals surface area contributed by atoms with Crippen molar-refractivity contribution in [2.75, 3.05) is 23.8 Å². The Kier molecular flexibility index (Phi) is 4.29. The number of aromatic nitrogens is 2. The zero-order valence-corrected chi connectivity index (χ0v) is 14.0. The van der Waals surface area contributed by atoms with Gasteiger partial charge in [0.15, 0.2) is 0 Å². The van der Waals surface area contributed by atoms with Crippen LogP contribution in [0.3, 0.4) is 0 Å². The minimum absolute atomic E-state index is 0.645. The lowest BCUT2D eigenvalue weighted by molar-refractivity contribution is 0.400. The van der Waals surface area contributed by atoms with Gasteiger partial charge >= 0.3 is 0 Å². The van der Waals surface area contributed by atoms with Crippen molar-refractivity contribution in [3.63, 3.8) is 0 Å². The summed E-state index contributed by atoms with van der Waals surface area (Å²) in [5.41, 5.74) is 0. The second-order valence-corrected chi connectivity index (χ2v) is 6.89. The third-order valence-corrected chi connectivity index (χ3v) is 5.44. The minimum atomic E-state index is 0.645. The van der Waals surface area contributed by atoms with Crippen molar-refractivity contribution in [3.05, 3.63) is 10.9 Å². The van der Waals surface area contributed by atoms with Crippen LogP contribution in [0.1, 0.15) is 44.4 Å². The lowest BCUT2D eigenvalue weighted by atomic mass is 9.92. The fraction of sp³-hybridized carbons (Fsp3) is 0.625. The third kappa shape index (κ3) is 2.84. The highest BCUT2D eigenvalue weighted by Crippen LogP contribution is 2.35. The fourth-order valence-corrected chi connectivity index (χ4v) is 3.62. The van der Waals surface area contributed by atoms with Gasteiger partial charge in [-0.05, 0) is 38.2 Å². The fourth-order valence-electron chi connectivity index (χ4n) is 2.66. The van der Waals surface area contributed by atoms with Gasteiger partial charge in [-0.25, -0.2) is 4.98 Å². The van der Waals surface area contributed by atoms with Gasteiger partial charge in [0, 0.05) is 24.5 Å². The molecule has 0 saturated heterocycles. The second-order valence-electron chi connectivity index (χ2n) is 5.78. The number of thiophene rings is 1. The van der Waals surface area contributed by atoms with Crippen molar-refractivity contribution in [1.29, 1.82) is 0 Å². The molecule has 21 heavy (non-hydrogen) atoms. The first-order chi connectivity index (χ1) is 10.2. The van der Waals surface area contributed by atoms with Crippen molar-refractivity contribution in [3.8, 4) is 0 Å². The van der Waals surface area contributed by atoms with Crippen LogP contribution in [0.4, 0.5) is 11.8 Å². The van der Waals surface area contributed by atoms with Gasteiger partial charge in [-0.3, -0.25) is 0 Å². The Labute approximate surface area is 130 Å². The smallest absolute Gasteiger partial charge is 0.226 e. The van der Waals surface area contributed by atoms with Crippen LogP contribution in [0.5, 0.6) is 0 Å². The highest BCUT2D eigenvalue weighted by atomic mass is 32.1. The quantitative estimate of drug-likeness (QED) is 0.873. The molecule has 2 aromatic rings. The first-order valence-corrected chi connectivity index (χ1v) is 8.81. The standard InChI is InChI=1S/C16H24N4S/c1-4-9-17-16-18-14(20(3)11-7-6-8-11)13-10-12(5-2)21-15(13)19-16/h10-11H,4-9H2,1-3H3,(H,17,18,19). The van der Waals surface area contributed by atoms with Crippen LogP contribution in [0.25, 0.3) is 10.2 Å². The van der Waals surface area contributed by atoms with Crippen molar-refractivity contribution in [2.45, 2.75) is 52.0 Å². The van der Waals surface area contributed by atoms with E-state index in [1.54, 1.807) is 11.3 Å². The van der Waals surface area contributed by atoms with Crippen LogP contribution < -0.4 is 10.2 Å². The molecule has 0 amide bonds. The molecule has 0 atom stereocenters.